The Labute approximate surface area is 111 Å². The second-order valence-corrected chi connectivity index (χ2v) is 4.53. The fraction of sp³-hybridized carbons (Fsp3) is 0.188. The summed E-state index contributed by atoms with van der Waals surface area (Å²) >= 11 is 0. The molecule has 0 spiro atoms. The number of aromatic nitrogens is 1. The van der Waals surface area contributed by atoms with E-state index in [1.54, 1.807) is 0 Å². The van der Waals surface area contributed by atoms with E-state index >= 15 is 0 Å². The molecule has 0 unspecified atom stereocenters. The minimum Gasteiger partial charge on any atom is -0.427 e. The van der Waals surface area contributed by atoms with E-state index in [0.29, 0.717) is 5.75 Å². The Morgan fingerprint density at radius 2 is 1.84 bits per heavy atom. The smallest absolute Gasteiger partial charge is 0.308 e. The molecule has 0 radical (unpaired) electrons. The minimum atomic E-state index is -0.293. The summed E-state index contributed by atoms with van der Waals surface area (Å²) in [6.45, 7) is 4.46. The van der Waals surface area contributed by atoms with E-state index in [0.717, 1.165) is 11.9 Å². The second kappa shape index (κ2) is 4.43. The number of carbonyl (C=O) groups is 1. The molecule has 1 aromatic heterocycles. The summed E-state index contributed by atoms with van der Waals surface area (Å²) in [7, 11) is 0. The highest BCUT2D eigenvalue weighted by molar-refractivity contribution is 6.08. The van der Waals surface area contributed by atoms with Crippen LogP contribution in [0.2, 0.25) is 0 Å². The zero-order valence-corrected chi connectivity index (χ0v) is 11.0. The molecule has 0 fully saturated rings. The summed E-state index contributed by atoms with van der Waals surface area (Å²) in [4.78, 5) is 11.0. The van der Waals surface area contributed by atoms with Crippen LogP contribution in [0.5, 0.6) is 5.75 Å². The fourth-order valence-electron chi connectivity index (χ4n) is 2.60. The molecule has 0 aliphatic heterocycles. The third-order valence-electron chi connectivity index (χ3n) is 3.32. The van der Waals surface area contributed by atoms with Gasteiger partial charge in [0.15, 0.2) is 0 Å². The molecular weight excluding hydrogens is 238 g/mol. The lowest BCUT2D eigenvalue weighted by Crippen LogP contribution is -2.01. The lowest BCUT2D eigenvalue weighted by Gasteiger charge is -2.04. The molecule has 0 amide bonds. The van der Waals surface area contributed by atoms with Crippen molar-refractivity contribution < 1.29 is 9.53 Å². The number of hydrogen-bond donors (Lipinski definition) is 0. The molecule has 0 saturated carbocycles. The van der Waals surface area contributed by atoms with Gasteiger partial charge in [0, 0.05) is 35.3 Å². The molecular formula is C16H15NO2. The van der Waals surface area contributed by atoms with Crippen LogP contribution in [-0.4, -0.2) is 10.5 Å². The van der Waals surface area contributed by atoms with E-state index in [-0.39, 0.29) is 5.97 Å². The lowest BCUT2D eigenvalue weighted by atomic mass is 10.1. The van der Waals surface area contributed by atoms with Crippen LogP contribution in [-0.2, 0) is 11.3 Å². The van der Waals surface area contributed by atoms with Crippen molar-refractivity contribution >= 4 is 27.8 Å². The van der Waals surface area contributed by atoms with Crippen molar-refractivity contribution in [2.45, 2.75) is 20.4 Å². The maximum Gasteiger partial charge on any atom is 0.308 e. The Kier molecular flexibility index (Phi) is 2.75. The molecule has 3 heteroatoms. The van der Waals surface area contributed by atoms with Crippen LogP contribution in [0.3, 0.4) is 0 Å². The predicted octanol–water partition coefficient (Wildman–Crippen LogP) is 3.74. The molecule has 0 bridgehead atoms. The minimum absolute atomic E-state index is 0.293. The van der Waals surface area contributed by atoms with E-state index in [4.69, 9.17) is 4.74 Å². The van der Waals surface area contributed by atoms with Crippen LogP contribution < -0.4 is 4.74 Å². The standard InChI is InChI=1S/C16H15NO2/c1-3-17-15-7-5-4-6-13(15)14-10-12(19-11(2)18)8-9-16(14)17/h4-10H,3H2,1-2H3. The van der Waals surface area contributed by atoms with E-state index in [2.05, 4.69) is 23.6 Å². The first-order valence-corrected chi connectivity index (χ1v) is 6.40. The number of fused-ring (bicyclic) bond motifs is 3. The maximum absolute atomic E-state index is 11.0. The topological polar surface area (TPSA) is 31.2 Å². The average Bonchev–Trinajstić information content (AvgIpc) is 2.71. The monoisotopic (exact) mass is 253 g/mol. The van der Waals surface area contributed by atoms with Crippen molar-refractivity contribution in [1.82, 2.24) is 4.57 Å². The number of rotatable bonds is 2. The normalized spacial score (nSPS) is 11.1. The van der Waals surface area contributed by atoms with Gasteiger partial charge in [-0.25, -0.2) is 0 Å². The molecule has 1 heterocycles. The van der Waals surface area contributed by atoms with Crippen molar-refractivity contribution in [2.75, 3.05) is 0 Å². The van der Waals surface area contributed by atoms with Crippen LogP contribution in [0.1, 0.15) is 13.8 Å². The molecule has 96 valence electrons. The summed E-state index contributed by atoms with van der Waals surface area (Å²) in [5.74, 6) is 0.303. The van der Waals surface area contributed by atoms with Gasteiger partial charge in [-0.15, -0.1) is 0 Å². The van der Waals surface area contributed by atoms with E-state index in [1.165, 1.54) is 23.3 Å². The number of esters is 1. The highest BCUT2D eigenvalue weighted by Gasteiger charge is 2.10. The van der Waals surface area contributed by atoms with Gasteiger partial charge >= 0.3 is 5.97 Å². The zero-order chi connectivity index (χ0) is 13.4. The van der Waals surface area contributed by atoms with Gasteiger partial charge in [0.05, 0.1) is 0 Å². The largest absolute Gasteiger partial charge is 0.427 e. The van der Waals surface area contributed by atoms with Crippen molar-refractivity contribution in [3.8, 4) is 5.75 Å². The number of nitrogens with zero attached hydrogens (tertiary/aromatic N) is 1. The highest BCUT2D eigenvalue weighted by atomic mass is 16.5. The molecule has 3 nitrogen and oxygen atoms in total. The van der Waals surface area contributed by atoms with Gasteiger partial charge in [-0.2, -0.15) is 0 Å². The predicted molar refractivity (Wildman–Crippen MR) is 76.4 cm³/mol. The fourth-order valence-corrected chi connectivity index (χ4v) is 2.60. The van der Waals surface area contributed by atoms with E-state index in [1.807, 2.05) is 30.3 Å². The zero-order valence-electron chi connectivity index (χ0n) is 11.0. The third-order valence-corrected chi connectivity index (χ3v) is 3.32. The second-order valence-electron chi connectivity index (χ2n) is 4.53. The third kappa shape index (κ3) is 1.87. The number of carbonyl (C=O) groups excluding carboxylic acids is 1. The van der Waals surface area contributed by atoms with Gasteiger partial charge in [0.1, 0.15) is 5.75 Å². The van der Waals surface area contributed by atoms with Gasteiger partial charge in [-0.1, -0.05) is 18.2 Å². The van der Waals surface area contributed by atoms with Crippen LogP contribution in [0.15, 0.2) is 42.5 Å². The summed E-state index contributed by atoms with van der Waals surface area (Å²) in [6, 6.07) is 14.1. The Balaban J connectivity index is 2.33. The van der Waals surface area contributed by atoms with Crippen LogP contribution in [0.4, 0.5) is 0 Å². The first-order chi connectivity index (χ1) is 9.20. The Morgan fingerprint density at radius 1 is 1.11 bits per heavy atom. The highest BCUT2D eigenvalue weighted by Crippen LogP contribution is 2.31. The summed E-state index contributed by atoms with van der Waals surface area (Å²) < 4.78 is 7.43. The van der Waals surface area contributed by atoms with Crippen molar-refractivity contribution in [2.24, 2.45) is 0 Å². The van der Waals surface area contributed by atoms with E-state index < -0.39 is 0 Å². The van der Waals surface area contributed by atoms with Crippen LogP contribution in [0, 0.1) is 0 Å². The van der Waals surface area contributed by atoms with Crippen molar-refractivity contribution in [1.29, 1.82) is 0 Å². The summed E-state index contributed by atoms with van der Waals surface area (Å²) in [5, 5.41) is 2.31. The van der Waals surface area contributed by atoms with Crippen LogP contribution in [0.25, 0.3) is 21.8 Å². The molecule has 2 aromatic carbocycles. The Hall–Kier alpha value is -2.29. The first-order valence-electron chi connectivity index (χ1n) is 6.40. The van der Waals surface area contributed by atoms with E-state index in [9.17, 15) is 4.79 Å². The molecule has 19 heavy (non-hydrogen) atoms. The molecule has 0 atom stereocenters. The number of benzene rings is 2. The van der Waals surface area contributed by atoms with Crippen LogP contribution >= 0.6 is 0 Å². The van der Waals surface area contributed by atoms with Gasteiger partial charge in [-0.3, -0.25) is 4.79 Å². The Morgan fingerprint density at radius 3 is 2.58 bits per heavy atom. The van der Waals surface area contributed by atoms with Gasteiger partial charge in [0.25, 0.3) is 0 Å². The number of para-hydroxylation sites is 1. The first kappa shape index (κ1) is 11.8. The van der Waals surface area contributed by atoms with Gasteiger partial charge in [-0.05, 0) is 31.2 Å². The molecule has 3 aromatic rings. The van der Waals surface area contributed by atoms with Gasteiger partial charge in [0.2, 0.25) is 0 Å². The SMILES string of the molecule is CCn1c2ccccc2c2cc(OC(C)=O)ccc21. The summed E-state index contributed by atoms with van der Waals surface area (Å²) in [5.41, 5.74) is 2.37. The number of ether oxygens (including phenoxy) is 1. The summed E-state index contributed by atoms with van der Waals surface area (Å²) in [6.07, 6.45) is 0. The van der Waals surface area contributed by atoms with Crippen molar-refractivity contribution in [3.63, 3.8) is 0 Å². The quantitative estimate of drug-likeness (QED) is 0.514. The molecule has 3 rings (SSSR count). The Bertz CT molecular complexity index is 771. The molecule has 0 aliphatic rings. The average molecular weight is 253 g/mol. The van der Waals surface area contributed by atoms with Gasteiger partial charge < -0.3 is 9.30 Å². The maximum atomic E-state index is 11.0. The lowest BCUT2D eigenvalue weighted by molar-refractivity contribution is -0.131. The van der Waals surface area contributed by atoms with Crippen molar-refractivity contribution in [3.05, 3.63) is 42.5 Å². The number of hydrogen-bond acceptors (Lipinski definition) is 2. The molecule has 0 N–H and O–H groups in total. The number of aryl methyl sites for hydroxylation is 1. The molecule has 0 saturated heterocycles. The molecule has 0 aliphatic carbocycles.